The van der Waals surface area contributed by atoms with E-state index in [1.165, 1.54) is 12.1 Å². The fraction of sp³-hybridized carbons (Fsp3) is 0.333. The number of carbonyl (C=O) groups is 2. The molecule has 2 rings (SSSR count). The average Bonchev–Trinajstić information content (AvgIpc) is 2.67. The number of halogens is 2. The molecule has 0 saturated carbocycles. The van der Waals surface area contributed by atoms with Crippen molar-refractivity contribution in [2.75, 3.05) is 7.05 Å². The standard InChI is InChI=1S/C21H24ClFN2O2/c1-4-14(2)19(24-20(26)16-7-9-17(22)10-8-16)21(27)25(3)13-15-5-11-18(23)12-6-15/h5-12,14,19H,4,13H2,1-3H3,(H,24,26). The Labute approximate surface area is 164 Å². The fourth-order valence-corrected chi connectivity index (χ4v) is 2.81. The highest BCUT2D eigenvalue weighted by Gasteiger charge is 2.28. The number of hydrogen-bond donors (Lipinski definition) is 1. The van der Waals surface area contributed by atoms with Gasteiger partial charge in [-0.15, -0.1) is 0 Å². The van der Waals surface area contributed by atoms with Gasteiger partial charge in [0.05, 0.1) is 0 Å². The van der Waals surface area contributed by atoms with Crippen LogP contribution in [0.25, 0.3) is 0 Å². The van der Waals surface area contributed by atoms with Gasteiger partial charge in [0, 0.05) is 24.2 Å². The van der Waals surface area contributed by atoms with Gasteiger partial charge >= 0.3 is 0 Å². The largest absolute Gasteiger partial charge is 0.340 e. The monoisotopic (exact) mass is 390 g/mol. The lowest BCUT2D eigenvalue weighted by molar-refractivity contribution is -0.133. The Hall–Kier alpha value is -2.40. The third kappa shape index (κ3) is 5.79. The zero-order valence-electron chi connectivity index (χ0n) is 15.7. The van der Waals surface area contributed by atoms with E-state index in [4.69, 9.17) is 11.6 Å². The van der Waals surface area contributed by atoms with Crippen LogP contribution in [0.15, 0.2) is 48.5 Å². The molecule has 2 atom stereocenters. The molecule has 0 heterocycles. The van der Waals surface area contributed by atoms with Gasteiger partial charge in [-0.25, -0.2) is 4.39 Å². The van der Waals surface area contributed by atoms with E-state index in [0.717, 1.165) is 12.0 Å². The van der Waals surface area contributed by atoms with Gasteiger partial charge in [-0.1, -0.05) is 44.0 Å². The molecule has 6 heteroatoms. The third-order valence-electron chi connectivity index (χ3n) is 4.58. The zero-order valence-corrected chi connectivity index (χ0v) is 16.5. The first-order valence-corrected chi connectivity index (χ1v) is 9.25. The van der Waals surface area contributed by atoms with Crippen LogP contribution in [-0.4, -0.2) is 29.8 Å². The van der Waals surface area contributed by atoms with Crippen molar-refractivity contribution in [2.24, 2.45) is 5.92 Å². The summed E-state index contributed by atoms with van der Waals surface area (Å²) in [5.41, 5.74) is 1.26. The van der Waals surface area contributed by atoms with Crippen molar-refractivity contribution in [3.05, 3.63) is 70.5 Å². The Morgan fingerprint density at radius 3 is 2.26 bits per heavy atom. The molecule has 2 aromatic rings. The minimum Gasteiger partial charge on any atom is -0.340 e. The summed E-state index contributed by atoms with van der Waals surface area (Å²) in [6.07, 6.45) is 0.738. The number of nitrogens with zero attached hydrogens (tertiary/aromatic N) is 1. The summed E-state index contributed by atoms with van der Waals surface area (Å²) < 4.78 is 13.1. The van der Waals surface area contributed by atoms with E-state index in [-0.39, 0.29) is 23.5 Å². The van der Waals surface area contributed by atoms with Gasteiger partial charge in [0.15, 0.2) is 0 Å². The first-order chi connectivity index (χ1) is 12.8. The molecule has 27 heavy (non-hydrogen) atoms. The smallest absolute Gasteiger partial charge is 0.251 e. The van der Waals surface area contributed by atoms with Crippen LogP contribution in [0.4, 0.5) is 4.39 Å². The molecular formula is C21H24ClFN2O2. The topological polar surface area (TPSA) is 49.4 Å². The molecule has 0 bridgehead atoms. The molecule has 0 fully saturated rings. The summed E-state index contributed by atoms with van der Waals surface area (Å²) in [5, 5.41) is 3.39. The van der Waals surface area contributed by atoms with Crippen LogP contribution in [0.3, 0.4) is 0 Å². The third-order valence-corrected chi connectivity index (χ3v) is 4.83. The van der Waals surface area contributed by atoms with Crippen LogP contribution in [-0.2, 0) is 11.3 Å². The van der Waals surface area contributed by atoms with Crippen LogP contribution in [0.2, 0.25) is 5.02 Å². The molecule has 2 amide bonds. The van der Waals surface area contributed by atoms with Crippen molar-refractivity contribution in [1.82, 2.24) is 10.2 Å². The fourth-order valence-electron chi connectivity index (χ4n) is 2.69. The maximum atomic E-state index is 13.1. The Morgan fingerprint density at radius 2 is 1.70 bits per heavy atom. The minimum absolute atomic E-state index is 0.0376. The Bertz CT molecular complexity index is 778. The van der Waals surface area contributed by atoms with Crippen LogP contribution in [0.5, 0.6) is 0 Å². The minimum atomic E-state index is -0.649. The van der Waals surface area contributed by atoms with E-state index in [9.17, 15) is 14.0 Å². The average molecular weight is 391 g/mol. The maximum absolute atomic E-state index is 13.1. The molecule has 0 radical (unpaired) electrons. The molecule has 1 N–H and O–H groups in total. The van der Waals surface area contributed by atoms with Crippen molar-refractivity contribution >= 4 is 23.4 Å². The Morgan fingerprint density at radius 1 is 1.11 bits per heavy atom. The molecule has 144 valence electrons. The van der Waals surface area contributed by atoms with Crippen molar-refractivity contribution in [2.45, 2.75) is 32.9 Å². The summed E-state index contributed by atoms with van der Waals surface area (Å²) in [4.78, 5) is 27.0. The van der Waals surface area contributed by atoms with Crippen LogP contribution < -0.4 is 5.32 Å². The number of likely N-dealkylation sites (N-methyl/N-ethyl adjacent to an activating group) is 1. The lowest BCUT2D eigenvalue weighted by atomic mass is 9.97. The van der Waals surface area contributed by atoms with Crippen molar-refractivity contribution < 1.29 is 14.0 Å². The molecule has 0 aliphatic rings. The van der Waals surface area contributed by atoms with Gasteiger partial charge in [-0.3, -0.25) is 9.59 Å². The summed E-state index contributed by atoms with van der Waals surface area (Å²) in [7, 11) is 1.68. The molecule has 2 unspecified atom stereocenters. The molecule has 0 spiro atoms. The quantitative estimate of drug-likeness (QED) is 0.767. The lowest BCUT2D eigenvalue weighted by Crippen LogP contribution is -2.50. The SMILES string of the molecule is CCC(C)C(NC(=O)c1ccc(Cl)cc1)C(=O)N(C)Cc1ccc(F)cc1. The second-order valence-electron chi connectivity index (χ2n) is 6.66. The van der Waals surface area contributed by atoms with Crippen LogP contribution in [0, 0.1) is 11.7 Å². The normalized spacial score (nSPS) is 12.9. The van der Waals surface area contributed by atoms with Crippen molar-refractivity contribution in [3.63, 3.8) is 0 Å². The maximum Gasteiger partial charge on any atom is 0.251 e. The van der Waals surface area contributed by atoms with Crippen molar-refractivity contribution in [3.8, 4) is 0 Å². The van der Waals surface area contributed by atoms with Gasteiger partial charge < -0.3 is 10.2 Å². The zero-order chi connectivity index (χ0) is 20.0. The van der Waals surface area contributed by atoms with E-state index >= 15 is 0 Å². The molecule has 4 nitrogen and oxygen atoms in total. The van der Waals surface area contributed by atoms with Gasteiger partial charge in [0.25, 0.3) is 5.91 Å². The van der Waals surface area contributed by atoms with E-state index in [0.29, 0.717) is 17.1 Å². The number of nitrogens with one attached hydrogen (secondary N) is 1. The molecular weight excluding hydrogens is 367 g/mol. The van der Waals surface area contributed by atoms with Gasteiger partial charge in [0.2, 0.25) is 5.91 Å². The summed E-state index contributed by atoms with van der Waals surface area (Å²) in [6, 6.07) is 11.9. The van der Waals surface area contributed by atoms with E-state index in [1.807, 2.05) is 13.8 Å². The highest BCUT2D eigenvalue weighted by Crippen LogP contribution is 2.15. The highest BCUT2D eigenvalue weighted by atomic mass is 35.5. The summed E-state index contributed by atoms with van der Waals surface area (Å²) in [6.45, 7) is 4.23. The summed E-state index contributed by atoms with van der Waals surface area (Å²) in [5.74, 6) is -0.860. The van der Waals surface area contributed by atoms with Gasteiger partial charge in [-0.05, 0) is 47.9 Å². The number of benzene rings is 2. The van der Waals surface area contributed by atoms with Crippen LogP contribution >= 0.6 is 11.6 Å². The van der Waals surface area contributed by atoms with Gasteiger partial charge in [0.1, 0.15) is 11.9 Å². The number of carbonyl (C=O) groups excluding carboxylic acids is 2. The molecule has 2 aromatic carbocycles. The molecule has 0 aliphatic carbocycles. The van der Waals surface area contributed by atoms with E-state index < -0.39 is 6.04 Å². The lowest BCUT2D eigenvalue weighted by Gasteiger charge is -2.28. The summed E-state index contributed by atoms with van der Waals surface area (Å²) >= 11 is 5.86. The van der Waals surface area contributed by atoms with Crippen molar-refractivity contribution in [1.29, 1.82) is 0 Å². The highest BCUT2D eigenvalue weighted by molar-refractivity contribution is 6.30. The second-order valence-corrected chi connectivity index (χ2v) is 7.10. The molecule has 0 aliphatic heterocycles. The second kappa shape index (κ2) is 9.51. The first-order valence-electron chi connectivity index (χ1n) is 8.87. The van der Waals surface area contributed by atoms with Crippen LogP contribution in [0.1, 0.15) is 36.2 Å². The number of hydrogen-bond acceptors (Lipinski definition) is 2. The molecule has 0 saturated heterocycles. The number of rotatable bonds is 7. The Balaban J connectivity index is 2.11. The number of amides is 2. The van der Waals surface area contributed by atoms with Gasteiger partial charge in [-0.2, -0.15) is 0 Å². The predicted molar refractivity (Wildman–Crippen MR) is 105 cm³/mol. The van der Waals surface area contributed by atoms with E-state index in [2.05, 4.69) is 5.32 Å². The first kappa shape index (κ1) is 20.9. The Kier molecular flexibility index (Phi) is 7.36. The molecule has 0 aromatic heterocycles. The van der Waals surface area contributed by atoms with E-state index in [1.54, 1.807) is 48.3 Å². The predicted octanol–water partition coefficient (Wildman–Crippen LogP) is 4.28.